The molecule has 0 bridgehead atoms. The summed E-state index contributed by atoms with van der Waals surface area (Å²) in [5.74, 6) is 0.137. The van der Waals surface area contributed by atoms with Crippen molar-refractivity contribution in [2.75, 3.05) is 0 Å². The number of halogens is 2. The summed E-state index contributed by atoms with van der Waals surface area (Å²) in [6.45, 7) is 13.0. The average Bonchev–Trinajstić information content (AvgIpc) is 3.58. The summed E-state index contributed by atoms with van der Waals surface area (Å²) >= 11 is 0. The van der Waals surface area contributed by atoms with E-state index in [1.165, 1.54) is 56.6 Å². The molecule has 0 aliphatic rings. The van der Waals surface area contributed by atoms with Gasteiger partial charge in [-0.15, -0.1) is 0 Å². The van der Waals surface area contributed by atoms with E-state index in [-0.39, 0.29) is 0 Å². The molecule has 6 heteroatoms. The van der Waals surface area contributed by atoms with Crippen LogP contribution in [0.1, 0.15) is 33.4 Å². The van der Waals surface area contributed by atoms with Crippen molar-refractivity contribution in [2.45, 2.75) is 41.5 Å². The van der Waals surface area contributed by atoms with Crippen LogP contribution in [0.15, 0.2) is 158 Å². The highest BCUT2D eigenvalue weighted by Gasteiger charge is 2.23. The van der Waals surface area contributed by atoms with E-state index in [1.807, 2.05) is 78.9 Å². The van der Waals surface area contributed by atoms with Crippen molar-refractivity contribution in [3.63, 3.8) is 0 Å². The molecule has 0 atom stereocenters. The number of hydrogen-bond acceptors (Lipinski definition) is 3. The lowest BCUT2D eigenvalue weighted by molar-refractivity contribution is 0.584. The molecule has 63 heavy (non-hydrogen) atoms. The second-order valence-corrected chi connectivity index (χ2v) is 16.8. The summed E-state index contributed by atoms with van der Waals surface area (Å²) in [5, 5.41) is 2.18. The smallest absolute Gasteiger partial charge is 0.166 e. The molecule has 0 aliphatic carbocycles. The zero-order chi connectivity index (χ0) is 43.5. The molecule has 4 nitrogen and oxygen atoms in total. The highest BCUT2D eigenvalue weighted by molar-refractivity contribution is 6.12. The van der Waals surface area contributed by atoms with Gasteiger partial charge in [-0.2, -0.15) is 0 Å². The molecule has 306 valence electrons. The molecule has 2 heterocycles. The van der Waals surface area contributed by atoms with Crippen molar-refractivity contribution in [3.05, 3.63) is 203 Å². The molecule has 0 aliphatic heterocycles. The van der Waals surface area contributed by atoms with E-state index in [0.717, 1.165) is 55.8 Å². The van der Waals surface area contributed by atoms with Crippen molar-refractivity contribution in [3.8, 4) is 73.2 Å². The first kappa shape index (κ1) is 39.6. The Labute approximate surface area is 366 Å². The molecule has 10 aromatic rings. The standard InChI is InChI=1S/C57H44F2N4/c1-33-23-35(3)53(36(4)24-33)42-17-20-47-48-21-18-43(54-37(5)25-34(2)26-38(54)6)31-52(48)63(51(47)30-42)50-22-19-41(44-27-45(58)32-46(59)28-44)29-49(50)57-61-55(39-13-9-7-10-14-39)60-56(62-57)40-15-11-8-12-16-40/h7-32H,1-6H3. The predicted octanol–water partition coefficient (Wildman–Crippen LogP) is 15.1. The van der Waals surface area contributed by atoms with Gasteiger partial charge in [0, 0.05) is 33.5 Å². The molecule has 8 aromatic carbocycles. The lowest BCUT2D eigenvalue weighted by Gasteiger charge is -2.18. The minimum absolute atomic E-state index is 0.406. The number of fused-ring (bicyclic) bond motifs is 3. The van der Waals surface area contributed by atoms with Crippen LogP contribution in [-0.2, 0) is 0 Å². The molecule has 0 amide bonds. The Balaban J connectivity index is 1.33. The monoisotopic (exact) mass is 822 g/mol. The first-order valence-corrected chi connectivity index (χ1v) is 21.2. The van der Waals surface area contributed by atoms with Crippen LogP contribution in [0.2, 0.25) is 0 Å². The molecule has 0 radical (unpaired) electrons. The third-order valence-corrected chi connectivity index (χ3v) is 12.1. The van der Waals surface area contributed by atoms with E-state index in [9.17, 15) is 8.78 Å². The highest BCUT2D eigenvalue weighted by Crippen LogP contribution is 2.42. The fourth-order valence-electron chi connectivity index (χ4n) is 9.60. The summed E-state index contributed by atoms with van der Waals surface area (Å²) in [5.41, 5.74) is 18.1. The molecular formula is C57H44F2N4. The van der Waals surface area contributed by atoms with Gasteiger partial charge in [0.1, 0.15) is 11.6 Å². The van der Waals surface area contributed by atoms with Gasteiger partial charge in [-0.1, -0.05) is 126 Å². The van der Waals surface area contributed by atoms with E-state index < -0.39 is 11.6 Å². The first-order valence-electron chi connectivity index (χ1n) is 21.2. The van der Waals surface area contributed by atoms with Gasteiger partial charge in [-0.3, -0.25) is 0 Å². The summed E-state index contributed by atoms with van der Waals surface area (Å²) in [4.78, 5) is 15.4. The quantitative estimate of drug-likeness (QED) is 0.161. The fraction of sp³-hybridized carbons (Fsp3) is 0.105. The van der Waals surface area contributed by atoms with Crippen LogP contribution in [0.4, 0.5) is 8.78 Å². The van der Waals surface area contributed by atoms with Gasteiger partial charge >= 0.3 is 0 Å². The Hall–Kier alpha value is -7.57. The lowest BCUT2D eigenvalue weighted by atomic mass is 9.92. The van der Waals surface area contributed by atoms with Gasteiger partial charge < -0.3 is 4.57 Å². The number of aromatic nitrogens is 4. The van der Waals surface area contributed by atoms with Crippen LogP contribution in [-0.4, -0.2) is 19.5 Å². The Morgan fingerprint density at radius 1 is 0.365 bits per heavy atom. The zero-order valence-corrected chi connectivity index (χ0v) is 36.1. The maximum absolute atomic E-state index is 14.9. The first-order chi connectivity index (χ1) is 30.5. The van der Waals surface area contributed by atoms with Gasteiger partial charge in [0.15, 0.2) is 17.5 Å². The van der Waals surface area contributed by atoms with Gasteiger partial charge in [0.05, 0.1) is 16.7 Å². The summed E-state index contributed by atoms with van der Waals surface area (Å²) in [6, 6.07) is 51.7. The number of rotatable bonds is 7. The zero-order valence-electron chi connectivity index (χ0n) is 36.1. The largest absolute Gasteiger partial charge is 0.308 e. The minimum atomic E-state index is -0.653. The van der Waals surface area contributed by atoms with Crippen LogP contribution in [0.3, 0.4) is 0 Å². The maximum Gasteiger partial charge on any atom is 0.166 e. The maximum atomic E-state index is 14.9. The third-order valence-electron chi connectivity index (χ3n) is 12.1. The molecule has 0 saturated carbocycles. The molecule has 0 unspecified atom stereocenters. The van der Waals surface area contributed by atoms with Crippen LogP contribution < -0.4 is 0 Å². The second kappa shape index (κ2) is 15.7. The van der Waals surface area contributed by atoms with Crippen molar-refractivity contribution < 1.29 is 8.78 Å². The van der Waals surface area contributed by atoms with Gasteiger partial charge in [0.25, 0.3) is 0 Å². The fourth-order valence-corrected chi connectivity index (χ4v) is 9.60. The average molecular weight is 823 g/mol. The Morgan fingerprint density at radius 3 is 1.25 bits per heavy atom. The van der Waals surface area contributed by atoms with E-state index in [4.69, 9.17) is 15.0 Å². The predicted molar refractivity (Wildman–Crippen MR) is 255 cm³/mol. The van der Waals surface area contributed by atoms with Crippen molar-refractivity contribution in [1.29, 1.82) is 0 Å². The molecule has 0 saturated heterocycles. The molecule has 10 rings (SSSR count). The summed E-state index contributed by atoms with van der Waals surface area (Å²) < 4.78 is 32.1. The van der Waals surface area contributed by atoms with Crippen LogP contribution in [0.25, 0.3) is 95.0 Å². The van der Waals surface area contributed by atoms with Crippen molar-refractivity contribution in [1.82, 2.24) is 19.5 Å². The van der Waals surface area contributed by atoms with Crippen LogP contribution >= 0.6 is 0 Å². The second-order valence-electron chi connectivity index (χ2n) is 16.8. The van der Waals surface area contributed by atoms with Gasteiger partial charge in [-0.05, 0) is 134 Å². The molecule has 0 N–H and O–H groups in total. The SMILES string of the molecule is Cc1cc(C)c(-c2ccc3c4ccc(-c5c(C)cc(C)cc5C)cc4n(-c4ccc(-c5cc(F)cc(F)c5)cc4-c4nc(-c5ccccc5)nc(-c5ccccc5)n4)c3c2)c(C)c1. The summed E-state index contributed by atoms with van der Waals surface area (Å²) in [7, 11) is 0. The highest BCUT2D eigenvalue weighted by atomic mass is 19.1. The topological polar surface area (TPSA) is 43.6 Å². The molecule has 2 aromatic heterocycles. The van der Waals surface area contributed by atoms with Crippen LogP contribution in [0, 0.1) is 53.2 Å². The lowest BCUT2D eigenvalue weighted by Crippen LogP contribution is -2.04. The molecule has 0 spiro atoms. The van der Waals surface area contributed by atoms with Crippen LogP contribution in [0.5, 0.6) is 0 Å². The molecule has 0 fully saturated rings. The van der Waals surface area contributed by atoms with E-state index in [2.05, 4.69) is 107 Å². The van der Waals surface area contributed by atoms with Crippen molar-refractivity contribution in [2.24, 2.45) is 0 Å². The minimum Gasteiger partial charge on any atom is -0.308 e. The van der Waals surface area contributed by atoms with E-state index in [0.29, 0.717) is 34.2 Å². The Morgan fingerprint density at radius 2 is 0.794 bits per heavy atom. The number of benzene rings is 8. The van der Waals surface area contributed by atoms with Crippen molar-refractivity contribution >= 4 is 21.8 Å². The van der Waals surface area contributed by atoms with Gasteiger partial charge in [-0.25, -0.2) is 23.7 Å². The normalized spacial score (nSPS) is 11.5. The van der Waals surface area contributed by atoms with E-state index in [1.54, 1.807) is 0 Å². The number of aryl methyl sites for hydroxylation is 6. The number of nitrogens with zero attached hydrogens (tertiary/aromatic N) is 4. The van der Waals surface area contributed by atoms with Gasteiger partial charge in [0.2, 0.25) is 0 Å². The Bertz CT molecular complexity index is 3180. The third kappa shape index (κ3) is 7.27. The van der Waals surface area contributed by atoms with E-state index >= 15 is 0 Å². The summed E-state index contributed by atoms with van der Waals surface area (Å²) in [6.07, 6.45) is 0. The Kier molecular flexibility index (Phi) is 9.87. The number of hydrogen-bond donors (Lipinski definition) is 0. The molecular weight excluding hydrogens is 779 g/mol.